The van der Waals surface area contributed by atoms with Gasteiger partial charge >= 0.3 is 6.03 Å². The van der Waals surface area contributed by atoms with Crippen molar-refractivity contribution in [3.63, 3.8) is 0 Å². The second-order valence-electron chi connectivity index (χ2n) is 10.6. The van der Waals surface area contributed by atoms with Crippen LogP contribution in [0.25, 0.3) is 5.57 Å². The van der Waals surface area contributed by atoms with Gasteiger partial charge < -0.3 is 23.8 Å². The van der Waals surface area contributed by atoms with Gasteiger partial charge in [-0.15, -0.1) is 0 Å². The van der Waals surface area contributed by atoms with E-state index in [9.17, 15) is 4.79 Å². The zero-order valence-corrected chi connectivity index (χ0v) is 24.6. The number of rotatable bonds is 8. The van der Waals surface area contributed by atoms with Crippen LogP contribution >= 0.6 is 0 Å². The Morgan fingerprint density at radius 3 is 2.10 bits per heavy atom. The molecule has 0 bridgehead atoms. The maximum atomic E-state index is 14.0. The number of likely N-dealkylation sites (N-methyl/N-ethyl adjacent to an activating group) is 1. The van der Waals surface area contributed by atoms with E-state index in [2.05, 4.69) is 47.9 Å². The molecular weight excluding hydrogens is 506 g/mol. The normalized spacial score (nSPS) is 19.3. The lowest BCUT2D eigenvalue weighted by Gasteiger charge is -2.44. The number of hydrogen-bond donors (Lipinski definition) is 0. The van der Waals surface area contributed by atoms with E-state index < -0.39 is 0 Å². The Balaban J connectivity index is 1.49. The van der Waals surface area contributed by atoms with Gasteiger partial charge in [0.25, 0.3) is 0 Å². The standard InChI is InChI=1S/C32H41N3O5/c1-7-9-23-17-29-32(10-12-33(13-11-32)20-22-14-25(37-3)18-26(15-22)38-4)35(8-2)31(36)34(29)21-24-16-27(39-5)19-28(40-6)30(23)24/h9,14-19H,7-8,10-13,20-21H2,1-6H3/b23-9+. The van der Waals surface area contributed by atoms with Gasteiger partial charge in [-0.25, -0.2) is 4.79 Å². The third-order valence-electron chi connectivity index (χ3n) is 8.51. The molecule has 2 fully saturated rings. The Morgan fingerprint density at radius 1 is 0.875 bits per heavy atom. The van der Waals surface area contributed by atoms with Gasteiger partial charge in [-0.1, -0.05) is 13.0 Å². The van der Waals surface area contributed by atoms with E-state index in [0.717, 1.165) is 89.9 Å². The molecule has 0 aliphatic carbocycles. The summed E-state index contributed by atoms with van der Waals surface area (Å²) in [5.74, 6) is 3.08. The summed E-state index contributed by atoms with van der Waals surface area (Å²) in [6, 6.07) is 10.1. The highest BCUT2D eigenvalue weighted by molar-refractivity contribution is 5.88. The number of fused-ring (bicyclic) bond motifs is 3. The monoisotopic (exact) mass is 547 g/mol. The number of carbonyl (C=O) groups excluding carboxylic acids is 1. The van der Waals surface area contributed by atoms with E-state index in [1.54, 1.807) is 28.4 Å². The van der Waals surface area contributed by atoms with Crippen molar-refractivity contribution in [2.45, 2.75) is 51.7 Å². The number of likely N-dealkylation sites (tertiary alicyclic amines) is 1. The highest BCUT2D eigenvalue weighted by Gasteiger charge is 2.54. The minimum absolute atomic E-state index is 0.0743. The van der Waals surface area contributed by atoms with Crippen molar-refractivity contribution in [2.24, 2.45) is 0 Å². The second-order valence-corrected chi connectivity index (χ2v) is 10.6. The zero-order valence-electron chi connectivity index (χ0n) is 24.6. The van der Waals surface area contributed by atoms with Crippen molar-refractivity contribution in [3.8, 4) is 23.0 Å². The number of methoxy groups -OCH3 is 4. The summed E-state index contributed by atoms with van der Waals surface area (Å²) in [4.78, 5) is 20.5. The summed E-state index contributed by atoms with van der Waals surface area (Å²) < 4.78 is 22.4. The van der Waals surface area contributed by atoms with Crippen LogP contribution in [0.4, 0.5) is 4.79 Å². The second kappa shape index (κ2) is 11.5. The molecule has 2 aromatic rings. The van der Waals surface area contributed by atoms with Crippen LogP contribution < -0.4 is 18.9 Å². The number of hydrogen-bond acceptors (Lipinski definition) is 6. The number of allylic oxidation sites excluding steroid dienone is 3. The predicted octanol–water partition coefficient (Wildman–Crippen LogP) is 5.70. The van der Waals surface area contributed by atoms with E-state index >= 15 is 0 Å². The van der Waals surface area contributed by atoms with Gasteiger partial charge in [0, 0.05) is 49.6 Å². The summed E-state index contributed by atoms with van der Waals surface area (Å²) in [5.41, 5.74) is 5.09. The number of amides is 2. The molecule has 3 heterocycles. The highest BCUT2D eigenvalue weighted by Crippen LogP contribution is 2.49. The Labute approximate surface area is 237 Å². The lowest BCUT2D eigenvalue weighted by Crippen LogP contribution is -2.53. The summed E-state index contributed by atoms with van der Waals surface area (Å²) in [6.45, 7) is 7.95. The molecule has 2 amide bonds. The Bertz CT molecular complexity index is 1300. The molecule has 0 aromatic heterocycles. The molecule has 0 radical (unpaired) electrons. The van der Waals surface area contributed by atoms with Gasteiger partial charge in [-0.05, 0) is 67.2 Å². The average Bonchev–Trinajstić information content (AvgIpc) is 3.08. The molecular formula is C32H41N3O5. The van der Waals surface area contributed by atoms with Crippen molar-refractivity contribution in [3.05, 3.63) is 64.9 Å². The minimum Gasteiger partial charge on any atom is -0.497 e. The van der Waals surface area contributed by atoms with Crippen LogP contribution in [-0.4, -0.2) is 74.3 Å². The lowest BCUT2D eigenvalue weighted by molar-refractivity contribution is 0.0890. The van der Waals surface area contributed by atoms with Crippen LogP contribution in [0.3, 0.4) is 0 Å². The summed E-state index contributed by atoms with van der Waals surface area (Å²) in [7, 11) is 6.71. The molecule has 0 saturated carbocycles. The number of ether oxygens (including phenoxy) is 4. The van der Waals surface area contributed by atoms with Crippen LogP contribution in [0.15, 0.2) is 48.2 Å². The van der Waals surface area contributed by atoms with Gasteiger partial charge in [-0.3, -0.25) is 9.80 Å². The van der Waals surface area contributed by atoms with E-state index in [1.165, 1.54) is 0 Å². The van der Waals surface area contributed by atoms with Crippen molar-refractivity contribution in [1.82, 2.24) is 14.7 Å². The van der Waals surface area contributed by atoms with E-state index in [-0.39, 0.29) is 11.6 Å². The van der Waals surface area contributed by atoms with Gasteiger partial charge in [0.05, 0.1) is 40.5 Å². The first-order valence-electron chi connectivity index (χ1n) is 14.1. The first-order chi connectivity index (χ1) is 19.4. The van der Waals surface area contributed by atoms with Crippen LogP contribution in [0.1, 0.15) is 49.8 Å². The molecule has 2 aromatic carbocycles. The van der Waals surface area contributed by atoms with Crippen molar-refractivity contribution < 1.29 is 23.7 Å². The maximum Gasteiger partial charge on any atom is 0.325 e. The fourth-order valence-corrected chi connectivity index (χ4v) is 6.59. The predicted molar refractivity (Wildman–Crippen MR) is 156 cm³/mol. The van der Waals surface area contributed by atoms with Gasteiger partial charge in [0.15, 0.2) is 0 Å². The Kier molecular flexibility index (Phi) is 7.99. The van der Waals surface area contributed by atoms with Gasteiger partial charge in [-0.2, -0.15) is 0 Å². The lowest BCUT2D eigenvalue weighted by atomic mass is 9.82. The first-order valence-corrected chi connectivity index (χ1v) is 14.1. The molecule has 3 aliphatic heterocycles. The molecule has 40 heavy (non-hydrogen) atoms. The van der Waals surface area contributed by atoms with Crippen LogP contribution in [-0.2, 0) is 13.1 Å². The number of nitrogens with zero attached hydrogens (tertiary/aromatic N) is 3. The minimum atomic E-state index is -0.347. The Hall–Kier alpha value is -3.65. The third kappa shape index (κ3) is 4.79. The van der Waals surface area contributed by atoms with Gasteiger partial charge in [0.1, 0.15) is 23.0 Å². The number of urea groups is 1. The SMILES string of the molecule is CC/C=C1\C=C2N(Cc3cc(OC)cc(OC)c31)C(=O)N(CC)C21CCN(Cc2cc(OC)cc(OC)c2)CC1. The van der Waals surface area contributed by atoms with Crippen molar-refractivity contribution in [1.29, 1.82) is 0 Å². The molecule has 5 rings (SSSR count). The summed E-state index contributed by atoms with van der Waals surface area (Å²) in [5, 5.41) is 0. The Morgan fingerprint density at radius 2 is 1.52 bits per heavy atom. The molecule has 8 heteroatoms. The number of piperidine rings is 1. The largest absolute Gasteiger partial charge is 0.497 e. The van der Waals surface area contributed by atoms with Crippen LogP contribution in [0, 0.1) is 0 Å². The van der Waals surface area contributed by atoms with Crippen molar-refractivity contribution >= 4 is 11.6 Å². The summed E-state index contributed by atoms with van der Waals surface area (Å²) >= 11 is 0. The first kappa shape index (κ1) is 27.9. The van der Waals surface area contributed by atoms with E-state index in [1.807, 2.05) is 23.1 Å². The molecule has 2 saturated heterocycles. The van der Waals surface area contributed by atoms with E-state index in [4.69, 9.17) is 18.9 Å². The average molecular weight is 548 g/mol. The maximum absolute atomic E-state index is 14.0. The summed E-state index contributed by atoms with van der Waals surface area (Å²) in [6.07, 6.45) is 7.10. The smallest absolute Gasteiger partial charge is 0.325 e. The van der Waals surface area contributed by atoms with E-state index in [0.29, 0.717) is 13.1 Å². The molecule has 0 N–H and O–H groups in total. The molecule has 8 nitrogen and oxygen atoms in total. The molecule has 1 spiro atoms. The number of carbonyl (C=O) groups is 1. The topological polar surface area (TPSA) is 63.7 Å². The quantitative estimate of drug-likeness (QED) is 0.422. The molecule has 214 valence electrons. The van der Waals surface area contributed by atoms with Crippen LogP contribution in [0.2, 0.25) is 0 Å². The van der Waals surface area contributed by atoms with Gasteiger partial charge in [0.2, 0.25) is 0 Å². The molecule has 3 aliphatic rings. The third-order valence-corrected chi connectivity index (χ3v) is 8.51. The van der Waals surface area contributed by atoms with Crippen molar-refractivity contribution in [2.75, 3.05) is 48.1 Å². The highest BCUT2D eigenvalue weighted by atomic mass is 16.5. The van der Waals surface area contributed by atoms with Crippen LogP contribution in [0.5, 0.6) is 23.0 Å². The zero-order chi connectivity index (χ0) is 28.4. The molecule has 0 unspecified atom stereocenters. The fraction of sp³-hybridized carbons (Fsp3) is 0.469. The molecule has 0 atom stereocenters. The fourth-order valence-electron chi connectivity index (χ4n) is 6.59. The number of benzene rings is 2.